The zero-order valence-electron chi connectivity index (χ0n) is 18.5. The van der Waals surface area contributed by atoms with Crippen molar-refractivity contribution in [2.24, 2.45) is 19.1 Å². The van der Waals surface area contributed by atoms with Gasteiger partial charge >= 0.3 is 0 Å². The third kappa shape index (κ3) is 5.35. The predicted molar refractivity (Wildman–Crippen MR) is 113 cm³/mol. The highest BCUT2D eigenvalue weighted by atomic mass is 16.5. The first-order valence-electron chi connectivity index (χ1n) is 10.4. The molecule has 0 radical (unpaired) electrons. The second kappa shape index (κ2) is 9.39. The molecule has 1 aliphatic rings. The van der Waals surface area contributed by atoms with Gasteiger partial charge in [-0.25, -0.2) is 4.99 Å². The molecule has 2 aromatic heterocycles. The molecule has 3 heterocycles. The first-order valence-corrected chi connectivity index (χ1v) is 10.4. The molecule has 0 aromatic carbocycles. The van der Waals surface area contributed by atoms with Crippen molar-refractivity contribution >= 4 is 5.96 Å². The first-order chi connectivity index (χ1) is 13.8. The van der Waals surface area contributed by atoms with Crippen LogP contribution in [0.25, 0.3) is 0 Å². The minimum absolute atomic E-state index is 0.202. The van der Waals surface area contributed by atoms with Crippen LogP contribution in [0.15, 0.2) is 4.99 Å². The molecular weight excluding hydrogens is 368 g/mol. The van der Waals surface area contributed by atoms with E-state index < -0.39 is 0 Å². The Morgan fingerprint density at radius 1 is 1.28 bits per heavy atom. The van der Waals surface area contributed by atoms with E-state index in [0.717, 1.165) is 55.7 Å². The van der Waals surface area contributed by atoms with Gasteiger partial charge in [-0.1, -0.05) is 0 Å². The summed E-state index contributed by atoms with van der Waals surface area (Å²) < 4.78 is 9.65. The van der Waals surface area contributed by atoms with Crippen LogP contribution in [0.4, 0.5) is 0 Å². The van der Waals surface area contributed by atoms with Crippen molar-refractivity contribution in [1.82, 2.24) is 35.2 Å². The average molecular weight is 403 g/mol. The maximum absolute atomic E-state index is 5.74. The highest BCUT2D eigenvalue weighted by Gasteiger charge is 2.18. The van der Waals surface area contributed by atoms with Gasteiger partial charge in [0, 0.05) is 39.0 Å². The highest BCUT2D eigenvalue weighted by Crippen LogP contribution is 2.14. The minimum Gasteiger partial charge on any atom is -0.376 e. The lowest BCUT2D eigenvalue weighted by Gasteiger charge is -2.20. The maximum Gasteiger partial charge on any atom is 0.192 e. The summed E-state index contributed by atoms with van der Waals surface area (Å²) in [6.45, 7) is 10.4. The molecule has 1 saturated heterocycles. The molecule has 0 spiro atoms. The van der Waals surface area contributed by atoms with Crippen molar-refractivity contribution in [3.63, 3.8) is 0 Å². The van der Waals surface area contributed by atoms with Gasteiger partial charge in [0.2, 0.25) is 0 Å². The summed E-state index contributed by atoms with van der Waals surface area (Å²) in [5.74, 6) is 2.49. The average Bonchev–Trinajstić information content (AvgIpc) is 3.37. The van der Waals surface area contributed by atoms with Crippen molar-refractivity contribution in [3.05, 3.63) is 28.6 Å². The third-order valence-electron chi connectivity index (χ3n) is 5.63. The highest BCUT2D eigenvalue weighted by molar-refractivity contribution is 5.80. The van der Waals surface area contributed by atoms with Crippen LogP contribution in [0.3, 0.4) is 0 Å². The van der Waals surface area contributed by atoms with E-state index in [1.165, 1.54) is 11.3 Å². The molecule has 0 saturated carbocycles. The van der Waals surface area contributed by atoms with E-state index >= 15 is 0 Å². The predicted octanol–water partition coefficient (Wildman–Crippen LogP) is 1.32. The summed E-state index contributed by atoms with van der Waals surface area (Å²) in [5.41, 5.74) is 3.57. The largest absolute Gasteiger partial charge is 0.376 e. The molecule has 2 N–H and O–H groups in total. The van der Waals surface area contributed by atoms with Crippen LogP contribution >= 0.6 is 0 Å². The van der Waals surface area contributed by atoms with Crippen LogP contribution in [-0.2, 0) is 31.8 Å². The number of rotatable bonds is 7. The van der Waals surface area contributed by atoms with Gasteiger partial charge in [0.15, 0.2) is 11.8 Å². The Morgan fingerprint density at radius 3 is 2.66 bits per heavy atom. The molecule has 0 aliphatic carbocycles. The van der Waals surface area contributed by atoms with E-state index in [0.29, 0.717) is 6.54 Å². The molecule has 9 heteroatoms. The molecule has 29 heavy (non-hydrogen) atoms. The Bertz CT molecular complexity index is 847. The number of hydrogen-bond acceptors (Lipinski definition) is 5. The fourth-order valence-electron chi connectivity index (χ4n) is 3.61. The number of aliphatic imine (C=N–C) groups is 1. The summed E-state index contributed by atoms with van der Waals surface area (Å²) in [4.78, 5) is 4.76. The fraction of sp³-hybridized carbons (Fsp3) is 0.700. The normalized spacial score (nSPS) is 18.3. The van der Waals surface area contributed by atoms with Crippen LogP contribution in [0, 0.1) is 20.8 Å². The lowest BCUT2D eigenvalue weighted by Crippen LogP contribution is -2.45. The van der Waals surface area contributed by atoms with Crippen molar-refractivity contribution in [3.8, 4) is 0 Å². The Balaban J connectivity index is 1.67. The summed E-state index contributed by atoms with van der Waals surface area (Å²) in [5, 5.41) is 19.8. The minimum atomic E-state index is 0.202. The molecule has 3 rings (SSSR count). The van der Waals surface area contributed by atoms with Gasteiger partial charge in [0.25, 0.3) is 0 Å². The number of aromatic nitrogens is 5. The van der Waals surface area contributed by atoms with Gasteiger partial charge in [0.1, 0.15) is 12.4 Å². The smallest absolute Gasteiger partial charge is 0.192 e. The Hall–Kier alpha value is -2.42. The van der Waals surface area contributed by atoms with Crippen molar-refractivity contribution in [2.45, 2.75) is 65.6 Å². The number of nitrogens with zero attached hydrogens (tertiary/aromatic N) is 6. The lowest BCUT2D eigenvalue weighted by atomic mass is 10.1. The van der Waals surface area contributed by atoms with Gasteiger partial charge in [-0.15, -0.1) is 10.2 Å². The lowest BCUT2D eigenvalue weighted by molar-refractivity contribution is 0.113. The molecule has 1 fully saturated rings. The van der Waals surface area contributed by atoms with E-state index in [1.54, 1.807) is 0 Å². The number of hydrogen-bond donors (Lipinski definition) is 2. The van der Waals surface area contributed by atoms with E-state index in [4.69, 9.17) is 9.73 Å². The third-order valence-corrected chi connectivity index (χ3v) is 5.63. The fourth-order valence-corrected chi connectivity index (χ4v) is 3.61. The quantitative estimate of drug-likeness (QED) is 0.536. The van der Waals surface area contributed by atoms with Crippen molar-refractivity contribution < 1.29 is 4.74 Å². The Labute approximate surface area is 172 Å². The standard InChI is InChI=1S/C20H34N8O/c1-13(10-18-14(2)26-28(6)15(18)3)23-20(21-11-17-8-7-9-29-17)22-12-19-25-24-16(4)27(19)5/h13,17H,7-12H2,1-6H3,(H2,21,22,23). The topological polar surface area (TPSA) is 94.2 Å². The van der Waals surface area contributed by atoms with Crippen LogP contribution in [0.2, 0.25) is 0 Å². The van der Waals surface area contributed by atoms with Crippen LogP contribution in [-0.4, -0.2) is 55.8 Å². The SMILES string of the molecule is Cc1nn(C)c(C)c1CC(C)NC(=NCc1nnc(C)n1C)NCC1CCCO1. The second-order valence-electron chi connectivity index (χ2n) is 7.93. The summed E-state index contributed by atoms with van der Waals surface area (Å²) in [6.07, 6.45) is 3.35. The maximum atomic E-state index is 5.74. The number of aryl methyl sites for hydroxylation is 3. The Kier molecular flexibility index (Phi) is 6.89. The molecule has 0 bridgehead atoms. The zero-order chi connectivity index (χ0) is 21.0. The molecule has 1 aliphatic heterocycles. The number of guanidine groups is 1. The summed E-state index contributed by atoms with van der Waals surface area (Å²) in [7, 11) is 3.95. The van der Waals surface area contributed by atoms with Crippen LogP contribution in [0.5, 0.6) is 0 Å². The summed E-state index contributed by atoms with van der Waals surface area (Å²) >= 11 is 0. The van der Waals surface area contributed by atoms with Gasteiger partial charge in [-0.2, -0.15) is 5.10 Å². The van der Waals surface area contributed by atoms with E-state index in [9.17, 15) is 0 Å². The molecule has 2 aromatic rings. The van der Waals surface area contributed by atoms with Crippen molar-refractivity contribution in [2.75, 3.05) is 13.2 Å². The molecule has 160 valence electrons. The first kappa shape index (κ1) is 21.3. The van der Waals surface area contributed by atoms with E-state index in [2.05, 4.69) is 46.7 Å². The second-order valence-corrected chi connectivity index (χ2v) is 7.93. The van der Waals surface area contributed by atoms with Gasteiger partial charge in [0.05, 0.1) is 11.8 Å². The van der Waals surface area contributed by atoms with Gasteiger partial charge in [-0.3, -0.25) is 4.68 Å². The number of nitrogens with one attached hydrogen (secondary N) is 2. The van der Waals surface area contributed by atoms with Gasteiger partial charge < -0.3 is 19.9 Å². The molecule has 0 amide bonds. The molecule has 2 unspecified atom stereocenters. The van der Waals surface area contributed by atoms with Crippen molar-refractivity contribution in [1.29, 1.82) is 0 Å². The number of ether oxygens (including phenoxy) is 1. The molecule has 2 atom stereocenters. The van der Waals surface area contributed by atoms with E-state index in [1.807, 2.05) is 30.3 Å². The molecular formula is C20H34N8O. The van der Waals surface area contributed by atoms with E-state index in [-0.39, 0.29) is 12.1 Å². The molecule has 9 nitrogen and oxygen atoms in total. The van der Waals surface area contributed by atoms with Gasteiger partial charge in [-0.05, 0) is 52.5 Å². The Morgan fingerprint density at radius 2 is 2.07 bits per heavy atom. The van der Waals surface area contributed by atoms with Crippen LogP contribution < -0.4 is 10.6 Å². The zero-order valence-corrected chi connectivity index (χ0v) is 18.5. The monoisotopic (exact) mass is 402 g/mol. The summed E-state index contributed by atoms with van der Waals surface area (Å²) in [6, 6.07) is 0.202. The van der Waals surface area contributed by atoms with Crippen LogP contribution in [0.1, 0.15) is 48.4 Å².